The summed E-state index contributed by atoms with van der Waals surface area (Å²) in [5.74, 6) is 1.54. The molecule has 0 bridgehead atoms. The third-order valence-corrected chi connectivity index (χ3v) is 7.03. The highest BCUT2D eigenvalue weighted by atomic mass is 32.2. The Hall–Kier alpha value is -3.27. The molecule has 2 aliphatic heterocycles. The predicted molar refractivity (Wildman–Crippen MR) is 137 cm³/mol. The molecule has 1 aromatic carbocycles. The van der Waals surface area contributed by atoms with Crippen molar-refractivity contribution in [3.8, 4) is 11.5 Å². The number of likely N-dealkylation sites (tertiary alicyclic amines) is 1. The first-order valence-electron chi connectivity index (χ1n) is 11.9. The van der Waals surface area contributed by atoms with Gasteiger partial charge in [-0.05, 0) is 69.9 Å². The number of rotatable bonds is 5. The first-order valence-corrected chi connectivity index (χ1v) is 13.8. The molecule has 1 atom stereocenters. The number of sulfone groups is 1. The molecule has 2 aromatic rings. The van der Waals surface area contributed by atoms with Gasteiger partial charge >= 0.3 is 6.09 Å². The van der Waals surface area contributed by atoms with Gasteiger partial charge in [-0.2, -0.15) is 0 Å². The molecular formula is C26H33N3O6S. The molecule has 0 aliphatic carbocycles. The summed E-state index contributed by atoms with van der Waals surface area (Å²) in [5.41, 5.74) is 1.68. The second-order valence-electron chi connectivity index (χ2n) is 10.1. The van der Waals surface area contributed by atoms with E-state index >= 15 is 0 Å². The van der Waals surface area contributed by atoms with Gasteiger partial charge in [-0.1, -0.05) is 0 Å². The Morgan fingerprint density at radius 3 is 2.69 bits per heavy atom. The number of pyridine rings is 1. The molecule has 0 spiro atoms. The number of carbonyl (C=O) groups excluding carboxylic acids is 1. The Morgan fingerprint density at radius 2 is 2.00 bits per heavy atom. The highest BCUT2D eigenvalue weighted by molar-refractivity contribution is 7.90. The highest BCUT2D eigenvalue weighted by Crippen LogP contribution is 2.39. The molecule has 0 radical (unpaired) electrons. The van der Waals surface area contributed by atoms with E-state index in [9.17, 15) is 13.2 Å². The monoisotopic (exact) mass is 515 g/mol. The zero-order chi connectivity index (χ0) is 26.1. The van der Waals surface area contributed by atoms with Crippen molar-refractivity contribution in [2.24, 2.45) is 5.92 Å². The van der Waals surface area contributed by atoms with E-state index in [1.807, 2.05) is 56.0 Å². The number of amides is 1. The smallest absolute Gasteiger partial charge is 0.410 e. The van der Waals surface area contributed by atoms with Crippen molar-refractivity contribution < 1.29 is 27.4 Å². The largest absolute Gasteiger partial charge is 0.490 e. The van der Waals surface area contributed by atoms with Crippen LogP contribution in [0, 0.1) is 12.8 Å². The van der Waals surface area contributed by atoms with Gasteiger partial charge in [-0.15, -0.1) is 0 Å². The van der Waals surface area contributed by atoms with Crippen molar-refractivity contribution in [1.82, 2.24) is 9.88 Å². The van der Waals surface area contributed by atoms with E-state index in [0.717, 1.165) is 24.1 Å². The lowest BCUT2D eigenvalue weighted by atomic mass is 10.1. The van der Waals surface area contributed by atoms with E-state index in [0.29, 0.717) is 43.3 Å². The van der Waals surface area contributed by atoms with Gasteiger partial charge in [0.05, 0.1) is 30.4 Å². The molecule has 4 rings (SSSR count). The van der Waals surface area contributed by atoms with E-state index in [1.54, 1.807) is 24.3 Å². The van der Waals surface area contributed by atoms with Crippen molar-refractivity contribution in [3.63, 3.8) is 0 Å². The fourth-order valence-corrected chi connectivity index (χ4v) is 5.18. The SMILES string of the molecule is Cc1cc(N2CCOc3ccc(OC=CC4CCN(C(=O)OC(C)(C)C)C4)cc32)cnc1S(C)(=O)=O. The number of anilines is 2. The Labute approximate surface area is 212 Å². The summed E-state index contributed by atoms with van der Waals surface area (Å²) in [4.78, 5) is 20.2. The number of carbonyl (C=O) groups is 1. The molecule has 1 amide bonds. The quantitative estimate of drug-likeness (QED) is 0.538. The number of aromatic nitrogens is 1. The normalized spacial score (nSPS) is 18.2. The molecule has 0 saturated carbocycles. The van der Waals surface area contributed by atoms with Crippen LogP contribution in [-0.2, 0) is 14.6 Å². The summed E-state index contributed by atoms with van der Waals surface area (Å²) in [6, 6.07) is 7.41. The molecule has 10 heteroatoms. The molecule has 36 heavy (non-hydrogen) atoms. The van der Waals surface area contributed by atoms with Gasteiger partial charge in [0, 0.05) is 25.4 Å². The Morgan fingerprint density at radius 1 is 1.22 bits per heavy atom. The molecule has 1 fully saturated rings. The van der Waals surface area contributed by atoms with E-state index in [2.05, 4.69) is 4.98 Å². The van der Waals surface area contributed by atoms with Gasteiger partial charge in [0.25, 0.3) is 0 Å². The molecular weight excluding hydrogens is 482 g/mol. The van der Waals surface area contributed by atoms with Gasteiger partial charge < -0.3 is 24.0 Å². The lowest BCUT2D eigenvalue weighted by Crippen LogP contribution is -2.35. The molecule has 9 nitrogen and oxygen atoms in total. The Balaban J connectivity index is 1.44. The number of benzene rings is 1. The maximum atomic E-state index is 12.3. The summed E-state index contributed by atoms with van der Waals surface area (Å²) in [7, 11) is -3.39. The maximum Gasteiger partial charge on any atom is 0.410 e. The molecule has 3 heterocycles. The fourth-order valence-electron chi connectivity index (χ4n) is 4.29. The van der Waals surface area contributed by atoms with Crippen LogP contribution in [0.3, 0.4) is 0 Å². The number of nitrogens with zero attached hydrogens (tertiary/aromatic N) is 3. The number of hydrogen-bond acceptors (Lipinski definition) is 8. The lowest BCUT2D eigenvalue weighted by molar-refractivity contribution is 0.0291. The van der Waals surface area contributed by atoms with Gasteiger partial charge in [-0.3, -0.25) is 0 Å². The third kappa shape index (κ3) is 6.10. The van der Waals surface area contributed by atoms with Crippen LogP contribution in [0.1, 0.15) is 32.8 Å². The van der Waals surface area contributed by atoms with Gasteiger partial charge in [-0.25, -0.2) is 18.2 Å². The first-order chi connectivity index (χ1) is 16.9. The average molecular weight is 516 g/mol. The van der Waals surface area contributed by atoms with Gasteiger partial charge in [0.1, 0.15) is 23.7 Å². The van der Waals surface area contributed by atoms with Crippen molar-refractivity contribution >= 4 is 27.3 Å². The fraction of sp³-hybridized carbons (Fsp3) is 0.462. The lowest BCUT2D eigenvalue weighted by Gasteiger charge is -2.31. The number of fused-ring (bicyclic) bond motifs is 1. The number of hydrogen-bond donors (Lipinski definition) is 0. The third-order valence-electron chi connectivity index (χ3n) is 5.90. The molecule has 2 aliphatic rings. The summed E-state index contributed by atoms with van der Waals surface area (Å²) < 4.78 is 41.0. The van der Waals surface area contributed by atoms with Crippen LogP contribution < -0.4 is 14.4 Å². The second kappa shape index (κ2) is 10.0. The van der Waals surface area contributed by atoms with Gasteiger partial charge in [0.2, 0.25) is 0 Å². The minimum Gasteiger partial charge on any atom is -0.490 e. The molecule has 1 aromatic heterocycles. The van der Waals surface area contributed by atoms with Crippen LogP contribution in [0.5, 0.6) is 11.5 Å². The molecule has 194 valence electrons. The van der Waals surface area contributed by atoms with Crippen LogP contribution >= 0.6 is 0 Å². The summed E-state index contributed by atoms with van der Waals surface area (Å²) >= 11 is 0. The summed E-state index contributed by atoms with van der Waals surface area (Å²) in [5, 5.41) is 0.0825. The van der Waals surface area contributed by atoms with E-state index < -0.39 is 15.4 Å². The maximum absolute atomic E-state index is 12.3. The average Bonchev–Trinajstić information content (AvgIpc) is 3.26. The predicted octanol–water partition coefficient (Wildman–Crippen LogP) is 4.47. The van der Waals surface area contributed by atoms with Crippen LogP contribution in [0.2, 0.25) is 0 Å². The van der Waals surface area contributed by atoms with E-state index in [-0.39, 0.29) is 17.0 Å². The number of ether oxygens (including phenoxy) is 3. The van der Waals surface area contributed by atoms with Crippen molar-refractivity contribution in [1.29, 1.82) is 0 Å². The minimum absolute atomic E-state index is 0.0825. The van der Waals surface area contributed by atoms with E-state index in [4.69, 9.17) is 14.2 Å². The van der Waals surface area contributed by atoms with Crippen molar-refractivity contribution in [3.05, 3.63) is 48.4 Å². The van der Waals surface area contributed by atoms with Crippen LogP contribution in [-0.4, -0.2) is 62.5 Å². The topological polar surface area (TPSA) is 98.3 Å². The van der Waals surface area contributed by atoms with Crippen LogP contribution in [0.25, 0.3) is 0 Å². The molecule has 1 saturated heterocycles. The second-order valence-corrected chi connectivity index (χ2v) is 12.1. The standard InChI is InChI=1S/C26H33N3O6S/c1-18-14-20(16-27-24(18)36(5,31)32)29-11-13-34-23-7-6-21(15-22(23)29)33-12-9-19-8-10-28(17-19)25(30)35-26(2,3)4/h6-7,9,12,14-16,19H,8,10-11,13,17H2,1-5H3. The zero-order valence-electron chi connectivity index (χ0n) is 21.4. The van der Waals surface area contributed by atoms with Crippen molar-refractivity contribution in [2.45, 2.75) is 44.7 Å². The van der Waals surface area contributed by atoms with Gasteiger partial charge in [0.15, 0.2) is 14.9 Å². The number of aryl methyl sites for hydroxylation is 1. The van der Waals surface area contributed by atoms with Crippen LogP contribution in [0.4, 0.5) is 16.2 Å². The van der Waals surface area contributed by atoms with Crippen molar-refractivity contribution in [2.75, 3.05) is 37.4 Å². The van der Waals surface area contributed by atoms with E-state index in [1.165, 1.54) is 0 Å². The van der Waals surface area contributed by atoms with Crippen LogP contribution in [0.15, 0.2) is 47.8 Å². The highest BCUT2D eigenvalue weighted by Gasteiger charge is 2.28. The summed E-state index contributed by atoms with van der Waals surface area (Å²) in [6.07, 6.45) is 6.91. The molecule has 0 N–H and O–H groups in total. The minimum atomic E-state index is -3.39. The Bertz CT molecular complexity index is 1270. The summed E-state index contributed by atoms with van der Waals surface area (Å²) in [6.45, 7) is 9.66. The molecule has 1 unspecified atom stereocenters. The zero-order valence-corrected chi connectivity index (χ0v) is 22.2. The Kier molecular flexibility index (Phi) is 7.17. The first kappa shape index (κ1) is 25.8.